The molecule has 1 aliphatic rings. The maximum atomic E-state index is 5.63. The summed E-state index contributed by atoms with van der Waals surface area (Å²) >= 11 is 0. The van der Waals surface area contributed by atoms with Crippen LogP contribution in [0.5, 0.6) is 0 Å². The van der Waals surface area contributed by atoms with E-state index >= 15 is 0 Å². The standard InChI is InChI=1S/C19H37N3/c1-2-3-4-5-6-7-8-9-10-11-12-13-14-19-21-16-18-22(19)17-15-20/h8-9,16,18-19,21H,2-7,10-15,17,20H2,1H3/b9-8+. The first-order chi connectivity index (χ1) is 10.9. The minimum absolute atomic E-state index is 0.474. The predicted molar refractivity (Wildman–Crippen MR) is 97.4 cm³/mol. The van der Waals surface area contributed by atoms with E-state index in [2.05, 4.69) is 35.5 Å². The van der Waals surface area contributed by atoms with Crippen molar-refractivity contribution in [3.05, 3.63) is 24.6 Å². The van der Waals surface area contributed by atoms with E-state index in [-0.39, 0.29) is 0 Å². The number of nitrogens with two attached hydrogens (primary N) is 1. The summed E-state index contributed by atoms with van der Waals surface area (Å²) in [7, 11) is 0. The largest absolute Gasteiger partial charge is 0.370 e. The summed E-state index contributed by atoms with van der Waals surface area (Å²) in [6, 6.07) is 0. The molecule has 128 valence electrons. The summed E-state index contributed by atoms with van der Waals surface area (Å²) in [6.07, 6.45) is 24.0. The maximum absolute atomic E-state index is 5.63. The molecule has 1 rings (SSSR count). The van der Waals surface area contributed by atoms with Crippen molar-refractivity contribution < 1.29 is 0 Å². The Morgan fingerprint density at radius 2 is 1.68 bits per heavy atom. The van der Waals surface area contributed by atoms with E-state index < -0.39 is 0 Å². The summed E-state index contributed by atoms with van der Waals surface area (Å²) in [6.45, 7) is 3.95. The van der Waals surface area contributed by atoms with Crippen LogP contribution in [0.2, 0.25) is 0 Å². The van der Waals surface area contributed by atoms with Crippen molar-refractivity contribution in [2.24, 2.45) is 5.73 Å². The van der Waals surface area contributed by atoms with E-state index in [0.717, 1.165) is 13.1 Å². The maximum Gasteiger partial charge on any atom is 0.0981 e. The highest BCUT2D eigenvalue weighted by Crippen LogP contribution is 2.13. The van der Waals surface area contributed by atoms with Crippen LogP contribution in [-0.4, -0.2) is 24.2 Å². The van der Waals surface area contributed by atoms with E-state index in [9.17, 15) is 0 Å². The van der Waals surface area contributed by atoms with Crippen molar-refractivity contribution in [2.75, 3.05) is 13.1 Å². The molecule has 0 aromatic carbocycles. The van der Waals surface area contributed by atoms with E-state index in [1.165, 1.54) is 70.6 Å². The molecular weight excluding hydrogens is 270 g/mol. The fourth-order valence-corrected chi connectivity index (χ4v) is 2.96. The molecule has 0 bridgehead atoms. The van der Waals surface area contributed by atoms with Gasteiger partial charge in [-0.15, -0.1) is 0 Å². The van der Waals surface area contributed by atoms with Crippen molar-refractivity contribution in [1.29, 1.82) is 0 Å². The lowest BCUT2D eigenvalue weighted by molar-refractivity contribution is 0.264. The fraction of sp³-hybridized carbons (Fsp3) is 0.789. The van der Waals surface area contributed by atoms with Gasteiger partial charge in [-0.25, -0.2) is 0 Å². The van der Waals surface area contributed by atoms with E-state index in [1.807, 2.05) is 6.20 Å². The Morgan fingerprint density at radius 3 is 2.36 bits per heavy atom. The number of hydrogen-bond donors (Lipinski definition) is 2. The second-order valence-corrected chi connectivity index (χ2v) is 6.34. The third-order valence-electron chi connectivity index (χ3n) is 4.33. The molecule has 3 N–H and O–H groups in total. The molecule has 3 heteroatoms. The molecule has 1 atom stereocenters. The molecule has 3 nitrogen and oxygen atoms in total. The van der Waals surface area contributed by atoms with Gasteiger partial charge < -0.3 is 16.0 Å². The summed E-state index contributed by atoms with van der Waals surface area (Å²) in [5, 5.41) is 3.41. The Kier molecular flexibility index (Phi) is 11.9. The molecule has 22 heavy (non-hydrogen) atoms. The average molecular weight is 308 g/mol. The van der Waals surface area contributed by atoms with Gasteiger partial charge in [-0.3, -0.25) is 0 Å². The smallest absolute Gasteiger partial charge is 0.0981 e. The first-order valence-electron chi connectivity index (χ1n) is 9.42. The Labute approximate surface area is 138 Å². The van der Waals surface area contributed by atoms with Gasteiger partial charge in [-0.05, 0) is 38.5 Å². The lowest BCUT2D eigenvalue weighted by Crippen LogP contribution is -2.37. The highest BCUT2D eigenvalue weighted by atomic mass is 15.3. The molecule has 0 aromatic heterocycles. The summed E-state index contributed by atoms with van der Waals surface area (Å²) in [5.41, 5.74) is 5.63. The summed E-state index contributed by atoms with van der Waals surface area (Å²) in [5.74, 6) is 0. The third-order valence-corrected chi connectivity index (χ3v) is 4.33. The van der Waals surface area contributed by atoms with Crippen LogP contribution in [0.4, 0.5) is 0 Å². The Hall–Kier alpha value is -0.960. The van der Waals surface area contributed by atoms with Crippen molar-refractivity contribution in [3.8, 4) is 0 Å². The zero-order chi connectivity index (χ0) is 15.9. The molecule has 0 aliphatic carbocycles. The van der Waals surface area contributed by atoms with Crippen LogP contribution in [0.1, 0.15) is 77.6 Å². The van der Waals surface area contributed by atoms with Crippen LogP contribution in [0.3, 0.4) is 0 Å². The molecule has 1 unspecified atom stereocenters. The van der Waals surface area contributed by atoms with Crippen molar-refractivity contribution >= 4 is 0 Å². The number of rotatable bonds is 14. The van der Waals surface area contributed by atoms with Crippen LogP contribution in [-0.2, 0) is 0 Å². The monoisotopic (exact) mass is 307 g/mol. The summed E-state index contributed by atoms with van der Waals surface area (Å²) in [4.78, 5) is 2.32. The Bertz CT molecular complexity index is 299. The molecule has 0 spiro atoms. The number of nitrogens with one attached hydrogen (secondary N) is 1. The minimum Gasteiger partial charge on any atom is -0.370 e. The lowest BCUT2D eigenvalue weighted by atomic mass is 10.1. The molecule has 0 aromatic rings. The van der Waals surface area contributed by atoms with E-state index in [4.69, 9.17) is 5.73 Å². The molecule has 0 amide bonds. The highest BCUT2D eigenvalue weighted by Gasteiger charge is 2.16. The predicted octanol–water partition coefficient (Wildman–Crippen LogP) is 4.51. The van der Waals surface area contributed by atoms with Gasteiger partial charge >= 0.3 is 0 Å². The minimum atomic E-state index is 0.474. The van der Waals surface area contributed by atoms with E-state index in [0.29, 0.717) is 6.17 Å². The topological polar surface area (TPSA) is 41.3 Å². The van der Waals surface area contributed by atoms with Gasteiger partial charge in [-0.1, -0.05) is 51.2 Å². The van der Waals surface area contributed by atoms with Gasteiger partial charge in [0.1, 0.15) is 0 Å². The van der Waals surface area contributed by atoms with Crippen LogP contribution >= 0.6 is 0 Å². The lowest BCUT2D eigenvalue weighted by Gasteiger charge is -2.24. The fourth-order valence-electron chi connectivity index (χ4n) is 2.96. The molecule has 1 heterocycles. The number of allylic oxidation sites excluding steroid dienone is 2. The molecule has 0 fully saturated rings. The average Bonchev–Trinajstić information content (AvgIpc) is 2.96. The normalized spacial score (nSPS) is 17.5. The molecule has 0 saturated carbocycles. The van der Waals surface area contributed by atoms with Gasteiger partial charge in [0, 0.05) is 25.5 Å². The van der Waals surface area contributed by atoms with Crippen LogP contribution in [0, 0.1) is 0 Å². The molecule has 1 aliphatic heterocycles. The van der Waals surface area contributed by atoms with Crippen LogP contribution in [0.15, 0.2) is 24.6 Å². The third kappa shape index (κ3) is 9.14. The van der Waals surface area contributed by atoms with Gasteiger partial charge in [-0.2, -0.15) is 0 Å². The SMILES string of the molecule is CCCCCCC/C=C/CCCCCC1NC=CN1CCN. The number of unbranched alkanes of at least 4 members (excludes halogenated alkanes) is 8. The molecule has 0 saturated heterocycles. The molecule has 0 radical (unpaired) electrons. The van der Waals surface area contributed by atoms with Crippen LogP contribution < -0.4 is 11.1 Å². The first-order valence-corrected chi connectivity index (χ1v) is 9.42. The van der Waals surface area contributed by atoms with E-state index in [1.54, 1.807) is 0 Å². The van der Waals surface area contributed by atoms with Crippen molar-refractivity contribution in [1.82, 2.24) is 10.2 Å². The second-order valence-electron chi connectivity index (χ2n) is 6.34. The zero-order valence-corrected chi connectivity index (χ0v) is 14.6. The van der Waals surface area contributed by atoms with Crippen LogP contribution in [0.25, 0.3) is 0 Å². The molecular formula is C19H37N3. The van der Waals surface area contributed by atoms with Gasteiger partial charge in [0.2, 0.25) is 0 Å². The zero-order valence-electron chi connectivity index (χ0n) is 14.6. The quantitative estimate of drug-likeness (QED) is 0.366. The number of nitrogens with zero attached hydrogens (tertiary/aromatic N) is 1. The van der Waals surface area contributed by atoms with Gasteiger partial charge in [0.05, 0.1) is 6.17 Å². The Balaban J connectivity index is 1.87. The van der Waals surface area contributed by atoms with Crippen molar-refractivity contribution in [3.63, 3.8) is 0 Å². The van der Waals surface area contributed by atoms with Gasteiger partial charge in [0.25, 0.3) is 0 Å². The van der Waals surface area contributed by atoms with Crippen molar-refractivity contribution in [2.45, 2.75) is 83.7 Å². The second kappa shape index (κ2) is 13.7. The first kappa shape index (κ1) is 19.1. The Morgan fingerprint density at radius 1 is 1.00 bits per heavy atom. The van der Waals surface area contributed by atoms with Gasteiger partial charge in [0.15, 0.2) is 0 Å². The number of hydrogen-bond acceptors (Lipinski definition) is 3. The summed E-state index contributed by atoms with van der Waals surface area (Å²) < 4.78 is 0. The highest BCUT2D eigenvalue weighted by molar-refractivity contribution is 4.94.